The van der Waals surface area contributed by atoms with Crippen LogP contribution in [-0.4, -0.2) is 0 Å². The first-order valence-corrected chi connectivity index (χ1v) is 19.3. The molecule has 0 spiro atoms. The summed E-state index contributed by atoms with van der Waals surface area (Å²) >= 11 is 1.87. The van der Waals surface area contributed by atoms with Crippen LogP contribution in [-0.2, 0) is 0 Å². The highest BCUT2D eigenvalue weighted by Crippen LogP contribution is 2.46. The Bertz CT molecular complexity index is 3430. The smallest absolute Gasteiger partial charge is 0.143 e. The molecule has 2 heterocycles. The Morgan fingerprint density at radius 2 is 0.870 bits per heavy atom. The first-order chi connectivity index (χ1) is 26.7. The summed E-state index contributed by atoms with van der Waals surface area (Å²) in [6, 6.07) is 66.9. The lowest BCUT2D eigenvalue weighted by atomic mass is 9.85. The molecule has 0 saturated carbocycles. The molecule has 0 bridgehead atoms. The average molecular weight is 703 g/mol. The molecular weight excluding hydrogens is 673 g/mol. The van der Waals surface area contributed by atoms with E-state index in [-0.39, 0.29) is 0 Å². The Hall–Kier alpha value is -6.74. The Morgan fingerprint density at radius 1 is 0.296 bits per heavy atom. The van der Waals surface area contributed by atoms with Gasteiger partial charge in [0.05, 0.1) is 0 Å². The predicted molar refractivity (Wildman–Crippen MR) is 233 cm³/mol. The van der Waals surface area contributed by atoms with E-state index < -0.39 is 0 Å². The van der Waals surface area contributed by atoms with E-state index in [1.807, 2.05) is 11.3 Å². The normalized spacial score (nSPS) is 12.1. The third-order valence-electron chi connectivity index (χ3n) is 11.4. The maximum absolute atomic E-state index is 6.52. The van der Waals surface area contributed by atoms with E-state index in [1.165, 1.54) is 91.3 Å². The van der Waals surface area contributed by atoms with Gasteiger partial charge >= 0.3 is 0 Å². The summed E-state index contributed by atoms with van der Waals surface area (Å²) in [5.74, 6) is 0. The largest absolute Gasteiger partial charge is 0.455 e. The summed E-state index contributed by atoms with van der Waals surface area (Å²) in [6.07, 6.45) is 0. The van der Waals surface area contributed by atoms with Gasteiger partial charge in [-0.1, -0.05) is 140 Å². The van der Waals surface area contributed by atoms with Crippen LogP contribution in [0.5, 0.6) is 0 Å². The number of benzene rings is 10. The van der Waals surface area contributed by atoms with Gasteiger partial charge in [0.2, 0.25) is 0 Å². The van der Waals surface area contributed by atoms with Crippen molar-refractivity contribution in [1.29, 1.82) is 0 Å². The monoisotopic (exact) mass is 702 g/mol. The van der Waals surface area contributed by atoms with Gasteiger partial charge in [-0.05, 0) is 114 Å². The standard InChI is InChI=1S/C52H30OS/c1-2-10-38-32(9-1)23-25-44-45-28-35-22-21-34(27-37(35)30-47(45)53-52(38)44)31-17-19-33(20-18-31)50-40-12-3-5-14-42(40)51(43-15-6-4-13-41(43)50)36-24-26-49-46(29-36)39-11-7-8-16-48(39)54-49/h1-30H. The first kappa shape index (κ1) is 29.8. The molecule has 0 saturated heterocycles. The lowest BCUT2D eigenvalue weighted by Gasteiger charge is -2.18. The number of furan rings is 1. The fourth-order valence-corrected chi connectivity index (χ4v) is 9.97. The summed E-state index contributed by atoms with van der Waals surface area (Å²) in [5.41, 5.74) is 9.30. The summed E-state index contributed by atoms with van der Waals surface area (Å²) in [6.45, 7) is 0. The van der Waals surface area contributed by atoms with Crippen molar-refractivity contribution in [2.75, 3.05) is 0 Å². The van der Waals surface area contributed by atoms with Gasteiger partial charge in [0, 0.05) is 36.3 Å². The van der Waals surface area contributed by atoms with Gasteiger partial charge in [0.25, 0.3) is 0 Å². The topological polar surface area (TPSA) is 13.1 Å². The van der Waals surface area contributed by atoms with Gasteiger partial charge in [-0.2, -0.15) is 0 Å². The van der Waals surface area contributed by atoms with E-state index in [0.29, 0.717) is 0 Å². The molecule has 0 atom stereocenters. The zero-order chi connectivity index (χ0) is 35.3. The fourth-order valence-electron chi connectivity index (χ4n) is 8.89. The van der Waals surface area contributed by atoms with Crippen molar-refractivity contribution in [2.45, 2.75) is 0 Å². The Balaban J connectivity index is 0.982. The SMILES string of the molecule is c1ccc2c(c1)ccc1c3cc4ccc(-c5ccc(-c6c7ccccc7c(-c7ccc8sc9ccccc9c8c7)c7ccccc67)cc5)cc4cc3oc21. The van der Waals surface area contributed by atoms with Crippen molar-refractivity contribution in [3.05, 3.63) is 182 Å². The highest BCUT2D eigenvalue weighted by atomic mass is 32.1. The Kier molecular flexibility index (Phi) is 6.28. The number of thiophene rings is 1. The molecule has 54 heavy (non-hydrogen) atoms. The van der Waals surface area contributed by atoms with Crippen LogP contribution in [0.3, 0.4) is 0 Å². The van der Waals surface area contributed by atoms with Crippen LogP contribution >= 0.6 is 11.3 Å². The van der Waals surface area contributed by atoms with Crippen molar-refractivity contribution in [1.82, 2.24) is 0 Å². The van der Waals surface area contributed by atoms with Gasteiger partial charge in [0.1, 0.15) is 11.2 Å². The molecule has 12 rings (SSSR count). The van der Waals surface area contributed by atoms with E-state index in [1.54, 1.807) is 0 Å². The predicted octanol–water partition coefficient (Wildman–Crippen LogP) is 15.6. The number of hydrogen-bond donors (Lipinski definition) is 0. The number of rotatable bonds is 3. The molecule has 12 aromatic rings. The van der Waals surface area contributed by atoms with Crippen LogP contribution in [0.15, 0.2) is 186 Å². The molecule has 2 aromatic heterocycles. The van der Waals surface area contributed by atoms with Crippen LogP contribution in [0.2, 0.25) is 0 Å². The molecule has 2 heteroatoms. The molecule has 0 aliphatic rings. The van der Waals surface area contributed by atoms with Crippen LogP contribution in [0.25, 0.3) is 119 Å². The van der Waals surface area contributed by atoms with Crippen molar-refractivity contribution in [3.63, 3.8) is 0 Å². The van der Waals surface area contributed by atoms with Crippen LogP contribution in [0.1, 0.15) is 0 Å². The lowest BCUT2D eigenvalue weighted by Crippen LogP contribution is -1.91. The molecule has 250 valence electrons. The molecule has 0 aliphatic carbocycles. The van der Waals surface area contributed by atoms with Crippen molar-refractivity contribution >= 4 is 96.5 Å². The molecule has 0 unspecified atom stereocenters. The molecular formula is C52H30OS. The summed E-state index contributed by atoms with van der Waals surface area (Å²) < 4.78 is 9.18. The maximum atomic E-state index is 6.52. The van der Waals surface area contributed by atoms with Gasteiger partial charge in [0.15, 0.2) is 0 Å². The number of fused-ring (bicyclic) bond motifs is 11. The second kappa shape index (κ2) is 11.4. The van der Waals surface area contributed by atoms with Gasteiger partial charge in [-0.15, -0.1) is 11.3 Å². The highest BCUT2D eigenvalue weighted by Gasteiger charge is 2.18. The molecule has 0 fully saturated rings. The van der Waals surface area contributed by atoms with E-state index in [2.05, 4.69) is 182 Å². The van der Waals surface area contributed by atoms with Gasteiger partial charge < -0.3 is 4.42 Å². The summed E-state index contributed by atoms with van der Waals surface area (Å²) in [7, 11) is 0. The molecule has 0 radical (unpaired) electrons. The Morgan fingerprint density at radius 3 is 1.63 bits per heavy atom. The van der Waals surface area contributed by atoms with Crippen LogP contribution in [0, 0.1) is 0 Å². The second-order valence-corrected chi connectivity index (χ2v) is 15.5. The van der Waals surface area contributed by atoms with Gasteiger partial charge in [-0.3, -0.25) is 0 Å². The van der Waals surface area contributed by atoms with Crippen LogP contribution in [0.4, 0.5) is 0 Å². The Labute approximate surface area is 314 Å². The second-order valence-electron chi connectivity index (χ2n) is 14.4. The minimum Gasteiger partial charge on any atom is -0.455 e. The third kappa shape index (κ3) is 4.38. The molecule has 0 N–H and O–H groups in total. The molecule has 10 aromatic carbocycles. The highest BCUT2D eigenvalue weighted by molar-refractivity contribution is 7.25. The van der Waals surface area contributed by atoms with E-state index >= 15 is 0 Å². The minimum absolute atomic E-state index is 0.923. The zero-order valence-corrected chi connectivity index (χ0v) is 30.0. The third-order valence-corrected chi connectivity index (χ3v) is 12.6. The van der Waals surface area contributed by atoms with Crippen molar-refractivity contribution in [3.8, 4) is 33.4 Å². The quantitative estimate of drug-likeness (QED) is 0.167. The van der Waals surface area contributed by atoms with E-state index in [4.69, 9.17) is 4.42 Å². The summed E-state index contributed by atoms with van der Waals surface area (Å²) in [5, 5.41) is 14.8. The van der Waals surface area contributed by atoms with E-state index in [9.17, 15) is 0 Å². The average Bonchev–Trinajstić information content (AvgIpc) is 3.79. The van der Waals surface area contributed by atoms with Crippen molar-refractivity contribution in [2.24, 2.45) is 0 Å². The molecule has 1 nitrogen and oxygen atoms in total. The zero-order valence-electron chi connectivity index (χ0n) is 29.1. The maximum Gasteiger partial charge on any atom is 0.143 e. The minimum atomic E-state index is 0.923. The molecule has 0 aliphatic heterocycles. The summed E-state index contributed by atoms with van der Waals surface area (Å²) in [4.78, 5) is 0. The van der Waals surface area contributed by atoms with E-state index in [0.717, 1.165) is 27.3 Å². The lowest BCUT2D eigenvalue weighted by molar-refractivity contribution is 0.673. The first-order valence-electron chi connectivity index (χ1n) is 18.5. The van der Waals surface area contributed by atoms with Gasteiger partial charge in [-0.25, -0.2) is 0 Å². The van der Waals surface area contributed by atoms with Crippen molar-refractivity contribution < 1.29 is 4.42 Å². The fraction of sp³-hybridized carbons (Fsp3) is 0. The molecule has 0 amide bonds. The number of hydrogen-bond acceptors (Lipinski definition) is 2. The van der Waals surface area contributed by atoms with Crippen LogP contribution < -0.4 is 0 Å².